The van der Waals surface area contributed by atoms with E-state index in [2.05, 4.69) is 10.3 Å². The molecule has 1 aliphatic carbocycles. The van der Waals surface area contributed by atoms with E-state index in [0.717, 1.165) is 42.5 Å². The van der Waals surface area contributed by atoms with Crippen molar-refractivity contribution < 1.29 is 4.79 Å². The molecule has 0 aromatic heterocycles. The fourth-order valence-corrected chi connectivity index (χ4v) is 4.09. The molecule has 7 nitrogen and oxygen atoms in total. The Balaban J connectivity index is 1.84. The number of hydrogen-bond acceptors (Lipinski definition) is 6. The summed E-state index contributed by atoms with van der Waals surface area (Å²) in [5, 5.41) is 2.93. The van der Waals surface area contributed by atoms with Crippen LogP contribution in [-0.2, 0) is 17.8 Å². The fourth-order valence-electron chi connectivity index (χ4n) is 4.09. The molecule has 0 atom stereocenters. The molecular formula is C17H22N6O. The number of nitrogens with two attached hydrogens (primary N) is 2. The molecular weight excluding hydrogens is 304 g/mol. The lowest BCUT2D eigenvalue weighted by Gasteiger charge is -2.46. The maximum absolute atomic E-state index is 11.7. The molecule has 5 N–H and O–H groups in total. The Kier molecular flexibility index (Phi) is 3.44. The highest BCUT2D eigenvalue weighted by molar-refractivity contribution is 6.06. The van der Waals surface area contributed by atoms with Gasteiger partial charge in [0.15, 0.2) is 0 Å². The van der Waals surface area contributed by atoms with Gasteiger partial charge in [0, 0.05) is 6.54 Å². The summed E-state index contributed by atoms with van der Waals surface area (Å²) in [7, 11) is 0. The molecule has 0 saturated heterocycles. The summed E-state index contributed by atoms with van der Waals surface area (Å²) in [6.07, 6.45) is 5.58. The van der Waals surface area contributed by atoms with E-state index in [1.54, 1.807) is 0 Å². The monoisotopic (exact) mass is 326 g/mol. The molecule has 1 spiro atoms. The number of hydrogen-bond donors (Lipinski definition) is 3. The van der Waals surface area contributed by atoms with Crippen LogP contribution in [0.4, 0.5) is 5.69 Å². The highest BCUT2D eigenvalue weighted by Crippen LogP contribution is 2.41. The van der Waals surface area contributed by atoms with Crippen LogP contribution in [0.5, 0.6) is 0 Å². The number of aliphatic imine (C=N–C) groups is 2. The fraction of sp³-hybridized carbons (Fsp3) is 0.471. The van der Waals surface area contributed by atoms with Crippen molar-refractivity contribution in [2.24, 2.45) is 21.5 Å². The van der Waals surface area contributed by atoms with Crippen LogP contribution in [0.25, 0.3) is 0 Å². The van der Waals surface area contributed by atoms with Crippen molar-refractivity contribution in [2.75, 3.05) is 4.90 Å². The van der Waals surface area contributed by atoms with E-state index in [0.29, 0.717) is 18.9 Å². The van der Waals surface area contributed by atoms with Crippen LogP contribution in [-0.4, -0.2) is 23.5 Å². The summed E-state index contributed by atoms with van der Waals surface area (Å²) in [6, 6.07) is 6.00. The third kappa shape index (κ3) is 2.31. The second-order valence-electron chi connectivity index (χ2n) is 6.69. The second-order valence-corrected chi connectivity index (χ2v) is 6.69. The van der Waals surface area contributed by atoms with Crippen molar-refractivity contribution in [1.82, 2.24) is 5.32 Å². The number of guanidine groups is 2. The molecule has 1 aromatic rings. The third-order valence-corrected chi connectivity index (χ3v) is 5.15. The minimum atomic E-state index is -0.454. The molecule has 126 valence electrons. The first kappa shape index (κ1) is 15.0. The summed E-state index contributed by atoms with van der Waals surface area (Å²) in [4.78, 5) is 22.7. The lowest BCUT2D eigenvalue weighted by molar-refractivity contribution is -0.121. The smallest absolute Gasteiger partial charge is 0.224 e. The van der Waals surface area contributed by atoms with Gasteiger partial charge in [0.1, 0.15) is 5.66 Å². The normalized spacial score (nSPS) is 22.5. The van der Waals surface area contributed by atoms with E-state index in [4.69, 9.17) is 16.5 Å². The van der Waals surface area contributed by atoms with Gasteiger partial charge < -0.3 is 16.8 Å². The highest BCUT2D eigenvalue weighted by Gasteiger charge is 2.43. The minimum Gasteiger partial charge on any atom is -0.369 e. The average Bonchev–Trinajstić information content (AvgIpc) is 2.54. The first-order valence-electron chi connectivity index (χ1n) is 8.46. The molecule has 1 saturated carbocycles. The van der Waals surface area contributed by atoms with E-state index in [1.165, 1.54) is 6.42 Å². The van der Waals surface area contributed by atoms with E-state index in [1.807, 2.05) is 23.1 Å². The molecule has 2 aliphatic heterocycles. The Bertz CT molecular complexity index is 747. The Hall–Kier alpha value is -2.57. The van der Waals surface area contributed by atoms with Gasteiger partial charge in [0.05, 0.1) is 12.1 Å². The van der Waals surface area contributed by atoms with Crippen LogP contribution in [0.1, 0.15) is 43.2 Å². The van der Waals surface area contributed by atoms with Crippen LogP contribution in [0.2, 0.25) is 0 Å². The Morgan fingerprint density at radius 3 is 2.75 bits per heavy atom. The van der Waals surface area contributed by atoms with Crippen molar-refractivity contribution in [3.63, 3.8) is 0 Å². The molecule has 7 heteroatoms. The van der Waals surface area contributed by atoms with Crippen LogP contribution in [0.15, 0.2) is 28.2 Å². The Morgan fingerprint density at radius 2 is 1.96 bits per heavy atom. The summed E-state index contributed by atoms with van der Waals surface area (Å²) in [5.41, 5.74) is 14.9. The molecule has 4 rings (SSSR count). The van der Waals surface area contributed by atoms with E-state index in [-0.39, 0.29) is 11.9 Å². The van der Waals surface area contributed by atoms with Gasteiger partial charge in [-0.3, -0.25) is 9.69 Å². The van der Waals surface area contributed by atoms with Crippen molar-refractivity contribution >= 4 is 23.5 Å². The van der Waals surface area contributed by atoms with Gasteiger partial charge in [-0.1, -0.05) is 18.6 Å². The van der Waals surface area contributed by atoms with E-state index < -0.39 is 5.66 Å². The molecule has 1 aromatic carbocycles. The quantitative estimate of drug-likeness (QED) is 0.714. The zero-order chi connectivity index (χ0) is 16.7. The minimum absolute atomic E-state index is 0.0505. The number of carbonyl (C=O) groups excluding carboxylic acids is 1. The third-order valence-electron chi connectivity index (χ3n) is 5.15. The summed E-state index contributed by atoms with van der Waals surface area (Å²) < 4.78 is 0. The molecule has 0 radical (unpaired) electrons. The predicted molar refractivity (Wildman–Crippen MR) is 93.5 cm³/mol. The average molecular weight is 326 g/mol. The van der Waals surface area contributed by atoms with Gasteiger partial charge in [-0.05, 0) is 42.9 Å². The lowest BCUT2D eigenvalue weighted by atomic mass is 9.86. The lowest BCUT2D eigenvalue weighted by Crippen LogP contribution is -2.58. The first-order valence-corrected chi connectivity index (χ1v) is 8.46. The zero-order valence-electron chi connectivity index (χ0n) is 13.6. The molecule has 2 heterocycles. The second kappa shape index (κ2) is 5.51. The Morgan fingerprint density at radius 1 is 1.17 bits per heavy atom. The Labute approximate surface area is 140 Å². The summed E-state index contributed by atoms with van der Waals surface area (Å²) in [5.74, 6) is 0.688. The van der Waals surface area contributed by atoms with Crippen molar-refractivity contribution in [3.8, 4) is 0 Å². The number of benzene rings is 1. The van der Waals surface area contributed by atoms with Gasteiger partial charge in [-0.15, -0.1) is 0 Å². The molecule has 3 aliphatic rings. The topological polar surface area (TPSA) is 109 Å². The van der Waals surface area contributed by atoms with Crippen LogP contribution in [0, 0.1) is 0 Å². The van der Waals surface area contributed by atoms with Crippen LogP contribution in [0.3, 0.4) is 0 Å². The van der Waals surface area contributed by atoms with Crippen molar-refractivity contribution in [1.29, 1.82) is 0 Å². The van der Waals surface area contributed by atoms with Crippen molar-refractivity contribution in [3.05, 3.63) is 29.3 Å². The zero-order valence-corrected chi connectivity index (χ0v) is 13.6. The van der Waals surface area contributed by atoms with Gasteiger partial charge in [0.25, 0.3) is 0 Å². The SMILES string of the molecule is NC1=NC2(CCCCC2)N(c2cccc3c2CNC(=O)C3)C(N)=N1. The van der Waals surface area contributed by atoms with Gasteiger partial charge in [0.2, 0.25) is 17.8 Å². The highest BCUT2D eigenvalue weighted by atomic mass is 16.1. The molecule has 24 heavy (non-hydrogen) atoms. The molecule has 1 fully saturated rings. The van der Waals surface area contributed by atoms with Gasteiger partial charge in [-0.25, -0.2) is 4.99 Å². The molecule has 1 amide bonds. The number of carbonyl (C=O) groups is 1. The predicted octanol–water partition coefficient (Wildman–Crippen LogP) is 0.969. The van der Waals surface area contributed by atoms with Crippen LogP contribution < -0.4 is 21.7 Å². The summed E-state index contributed by atoms with van der Waals surface area (Å²) >= 11 is 0. The number of rotatable bonds is 1. The number of amides is 1. The standard InChI is InChI=1S/C17H22N6O/c18-15-21-16(19)23(17(22-15)7-2-1-3-8-17)13-6-4-5-11-9-14(24)20-10-12(11)13/h4-6H,1-3,7-10H2,(H,20,24)(H4,18,19,21,22). The number of fused-ring (bicyclic) bond motifs is 1. The van der Waals surface area contributed by atoms with E-state index >= 15 is 0 Å². The maximum Gasteiger partial charge on any atom is 0.224 e. The molecule has 0 unspecified atom stereocenters. The number of nitrogens with zero attached hydrogens (tertiary/aromatic N) is 3. The number of anilines is 1. The van der Waals surface area contributed by atoms with Crippen molar-refractivity contribution in [2.45, 2.75) is 50.7 Å². The number of nitrogens with one attached hydrogen (secondary N) is 1. The molecule has 0 bridgehead atoms. The first-order chi connectivity index (χ1) is 11.6. The van der Waals surface area contributed by atoms with Gasteiger partial charge >= 0.3 is 0 Å². The van der Waals surface area contributed by atoms with Gasteiger partial charge in [-0.2, -0.15) is 4.99 Å². The van der Waals surface area contributed by atoms with E-state index in [9.17, 15) is 4.79 Å². The largest absolute Gasteiger partial charge is 0.369 e. The van der Waals surface area contributed by atoms with Crippen LogP contribution >= 0.6 is 0 Å². The maximum atomic E-state index is 11.7. The summed E-state index contributed by atoms with van der Waals surface area (Å²) in [6.45, 7) is 0.503.